The number of nitrogens with zero attached hydrogens (tertiary/aromatic N) is 4. The third-order valence-electron chi connectivity index (χ3n) is 12.7. The average Bonchev–Trinajstić information content (AvgIpc) is 4.03. The second-order valence-electron chi connectivity index (χ2n) is 16.3. The lowest BCUT2D eigenvalue weighted by Crippen LogP contribution is -2.26. The second kappa shape index (κ2) is 14.6. The molecule has 0 aromatic heterocycles. The predicted octanol–water partition coefficient (Wildman–Crippen LogP) is 14.6. The molecule has 2 saturated carbocycles. The molecule has 2 heterocycles. The highest BCUT2D eigenvalue weighted by Crippen LogP contribution is 2.54. The van der Waals surface area contributed by atoms with Crippen molar-refractivity contribution in [1.82, 2.24) is 0 Å². The number of fused-ring (bicyclic) bond motifs is 6. The van der Waals surface area contributed by atoms with E-state index in [4.69, 9.17) is 0 Å². The van der Waals surface area contributed by atoms with Gasteiger partial charge in [0.1, 0.15) is 0 Å². The number of hydrogen-bond acceptors (Lipinski definition) is 4. The van der Waals surface area contributed by atoms with Crippen molar-refractivity contribution < 1.29 is 0 Å². The molecule has 2 aliphatic carbocycles. The Morgan fingerprint density at radius 3 is 1.21 bits per heavy atom. The van der Waals surface area contributed by atoms with Crippen molar-refractivity contribution in [3.8, 4) is 0 Å². The maximum absolute atomic E-state index is 4.53. The monoisotopic (exact) mass is 728 g/mol. The van der Waals surface area contributed by atoms with E-state index >= 15 is 0 Å². The van der Waals surface area contributed by atoms with Gasteiger partial charge in [-0.3, -0.25) is 0 Å². The number of benzene rings is 6. The lowest BCUT2D eigenvalue weighted by atomic mass is 9.95. The third-order valence-corrected chi connectivity index (χ3v) is 12.7. The van der Waals surface area contributed by atoms with E-state index in [0.29, 0.717) is 23.9 Å². The molecule has 0 bridgehead atoms. The highest BCUT2D eigenvalue weighted by Gasteiger charge is 2.43. The van der Waals surface area contributed by atoms with Crippen molar-refractivity contribution >= 4 is 58.4 Å². The van der Waals surface area contributed by atoms with E-state index in [-0.39, 0.29) is 0 Å². The standard InChI is InChI=1S/C52H48N4/c1-35-9-27-43(28-10-35)55-49-7-3-5-45(49)47-33-39(21-31-51(47)55)15-13-37-17-23-41(24-18-37)53-54-42-25-19-38(20-26-42)14-16-40-22-32-52-48(34-40)46-6-4-8-50(46)56(52)44-29-11-36(2)12-30-44/h9-34,45-46,49-50H,3-8H2,1-2H3/b15-13+,16-14+,54-53?. The van der Waals surface area contributed by atoms with E-state index < -0.39 is 0 Å². The number of aryl methyl sites for hydroxylation is 2. The van der Waals surface area contributed by atoms with Gasteiger partial charge in [-0.15, -0.1) is 0 Å². The van der Waals surface area contributed by atoms with Gasteiger partial charge in [-0.1, -0.05) is 109 Å². The third kappa shape index (κ3) is 6.57. The molecule has 2 aliphatic heterocycles. The lowest BCUT2D eigenvalue weighted by molar-refractivity contribution is 0.642. The van der Waals surface area contributed by atoms with Crippen LogP contribution in [0.3, 0.4) is 0 Å². The van der Waals surface area contributed by atoms with Crippen molar-refractivity contribution in [1.29, 1.82) is 0 Å². The van der Waals surface area contributed by atoms with Crippen LogP contribution in [0.2, 0.25) is 0 Å². The molecule has 4 heteroatoms. The van der Waals surface area contributed by atoms with Crippen LogP contribution in [0.1, 0.15) is 94.9 Å². The molecule has 6 aromatic carbocycles. The molecule has 276 valence electrons. The zero-order valence-electron chi connectivity index (χ0n) is 32.4. The Labute approximate surface area is 331 Å². The summed E-state index contributed by atoms with van der Waals surface area (Å²) in [5.74, 6) is 1.23. The van der Waals surface area contributed by atoms with Crippen LogP contribution in [0.25, 0.3) is 24.3 Å². The smallest absolute Gasteiger partial charge is 0.0857 e. The zero-order valence-corrected chi connectivity index (χ0v) is 32.4. The van der Waals surface area contributed by atoms with Gasteiger partial charge >= 0.3 is 0 Å². The summed E-state index contributed by atoms with van der Waals surface area (Å²) in [5, 5.41) is 9.06. The molecule has 10 rings (SSSR count). The van der Waals surface area contributed by atoms with Crippen molar-refractivity contribution in [2.45, 2.75) is 76.3 Å². The normalized spacial score (nSPS) is 21.0. The first kappa shape index (κ1) is 34.5. The Balaban J connectivity index is 0.777. The van der Waals surface area contributed by atoms with Crippen molar-refractivity contribution in [2.24, 2.45) is 10.2 Å². The second-order valence-corrected chi connectivity index (χ2v) is 16.3. The van der Waals surface area contributed by atoms with Crippen LogP contribution >= 0.6 is 0 Å². The number of azo groups is 1. The van der Waals surface area contributed by atoms with Crippen LogP contribution in [0, 0.1) is 13.8 Å². The fraction of sp³-hybridized carbons (Fsp3) is 0.231. The Kier molecular flexibility index (Phi) is 8.98. The summed E-state index contributed by atoms with van der Waals surface area (Å²) in [6.45, 7) is 4.32. The molecule has 0 radical (unpaired) electrons. The first-order valence-electron chi connectivity index (χ1n) is 20.5. The summed E-state index contributed by atoms with van der Waals surface area (Å²) in [5.41, 5.74) is 17.5. The molecule has 4 nitrogen and oxygen atoms in total. The summed E-state index contributed by atoms with van der Waals surface area (Å²) >= 11 is 0. The summed E-state index contributed by atoms with van der Waals surface area (Å²) in [4.78, 5) is 5.19. The summed E-state index contributed by atoms with van der Waals surface area (Å²) in [6.07, 6.45) is 16.5. The first-order valence-corrected chi connectivity index (χ1v) is 20.5. The molecule has 0 saturated heterocycles. The predicted molar refractivity (Wildman–Crippen MR) is 235 cm³/mol. The van der Waals surface area contributed by atoms with Gasteiger partial charge in [0.05, 0.1) is 11.4 Å². The highest BCUT2D eigenvalue weighted by atomic mass is 15.2. The van der Waals surface area contributed by atoms with Crippen LogP contribution < -0.4 is 9.80 Å². The van der Waals surface area contributed by atoms with Crippen LogP contribution in [-0.4, -0.2) is 12.1 Å². The fourth-order valence-corrected chi connectivity index (χ4v) is 9.84. The van der Waals surface area contributed by atoms with Gasteiger partial charge in [-0.2, -0.15) is 10.2 Å². The van der Waals surface area contributed by atoms with Crippen LogP contribution in [0.15, 0.2) is 144 Å². The minimum atomic E-state index is 0.571. The Bertz CT molecular complexity index is 2280. The van der Waals surface area contributed by atoms with Gasteiger partial charge in [-0.25, -0.2) is 0 Å². The summed E-state index contributed by atoms with van der Waals surface area (Å²) < 4.78 is 0. The molecular formula is C52H48N4. The van der Waals surface area contributed by atoms with E-state index in [0.717, 1.165) is 22.5 Å². The number of anilines is 4. The van der Waals surface area contributed by atoms with Gasteiger partial charge in [-0.05, 0) is 146 Å². The van der Waals surface area contributed by atoms with Gasteiger partial charge in [0.15, 0.2) is 0 Å². The number of rotatable bonds is 8. The molecular weight excluding hydrogens is 681 g/mol. The maximum Gasteiger partial charge on any atom is 0.0857 e. The van der Waals surface area contributed by atoms with Crippen molar-refractivity contribution in [3.63, 3.8) is 0 Å². The molecule has 56 heavy (non-hydrogen) atoms. The van der Waals surface area contributed by atoms with Crippen LogP contribution in [0.4, 0.5) is 34.1 Å². The SMILES string of the molecule is Cc1ccc(N2c3ccc(/C=C/c4ccc(N=Nc5ccc(/C=C/c6ccc7c(c6)C6CCCC6N7c6ccc(C)cc6)cc5)cc4)cc3C3CCCC32)cc1. The molecule has 4 unspecified atom stereocenters. The molecule has 6 aromatic rings. The van der Waals surface area contributed by atoms with E-state index in [2.05, 4.69) is 167 Å². The van der Waals surface area contributed by atoms with Gasteiger partial charge < -0.3 is 9.80 Å². The van der Waals surface area contributed by atoms with Crippen molar-refractivity contribution in [3.05, 3.63) is 178 Å². The highest BCUT2D eigenvalue weighted by molar-refractivity contribution is 5.79. The molecule has 0 N–H and O–H groups in total. The Hall–Kier alpha value is -6.00. The van der Waals surface area contributed by atoms with Gasteiger partial charge in [0, 0.05) is 46.7 Å². The quantitative estimate of drug-likeness (QED) is 0.115. The Morgan fingerprint density at radius 2 is 0.804 bits per heavy atom. The summed E-state index contributed by atoms with van der Waals surface area (Å²) in [7, 11) is 0. The van der Waals surface area contributed by atoms with Gasteiger partial charge in [0.2, 0.25) is 0 Å². The van der Waals surface area contributed by atoms with Gasteiger partial charge in [0.25, 0.3) is 0 Å². The van der Waals surface area contributed by atoms with Crippen molar-refractivity contribution in [2.75, 3.05) is 9.80 Å². The average molecular weight is 729 g/mol. The minimum Gasteiger partial charge on any atom is -0.338 e. The molecule has 0 spiro atoms. The molecule has 0 amide bonds. The van der Waals surface area contributed by atoms with Crippen LogP contribution in [0.5, 0.6) is 0 Å². The minimum absolute atomic E-state index is 0.571. The van der Waals surface area contributed by atoms with Crippen LogP contribution in [-0.2, 0) is 0 Å². The molecule has 4 aliphatic rings. The fourth-order valence-electron chi connectivity index (χ4n) is 9.84. The summed E-state index contributed by atoms with van der Waals surface area (Å²) in [6, 6.07) is 49.8. The first-order chi connectivity index (χ1) is 27.5. The van der Waals surface area contributed by atoms with E-state index in [1.54, 1.807) is 0 Å². The maximum atomic E-state index is 4.53. The lowest BCUT2D eigenvalue weighted by Gasteiger charge is -2.27. The topological polar surface area (TPSA) is 31.2 Å². The molecule has 2 fully saturated rings. The number of hydrogen-bond donors (Lipinski definition) is 0. The zero-order chi connectivity index (χ0) is 37.6. The molecule has 4 atom stereocenters. The largest absolute Gasteiger partial charge is 0.338 e. The van der Waals surface area contributed by atoms with E-state index in [9.17, 15) is 0 Å². The Morgan fingerprint density at radius 1 is 0.429 bits per heavy atom. The van der Waals surface area contributed by atoms with E-state index in [1.807, 2.05) is 24.3 Å². The van der Waals surface area contributed by atoms with E-state index in [1.165, 1.54) is 94.7 Å².